The molecule has 0 aromatic rings. The normalized spacial score (nSPS) is 18.3. The summed E-state index contributed by atoms with van der Waals surface area (Å²) in [5, 5.41) is 0. The van der Waals surface area contributed by atoms with E-state index in [9.17, 15) is 0 Å². The van der Waals surface area contributed by atoms with Crippen LogP contribution in [-0.4, -0.2) is 0 Å². The number of allylic oxidation sites excluding steroid dienone is 1. The molecule has 0 amide bonds. The van der Waals surface area contributed by atoms with Gasteiger partial charge in [-0.25, -0.2) is 0 Å². The number of hydrogen-bond donors (Lipinski definition) is 0. The standard InChI is InChI=1S/C13H26/c1-7-11(5)12(6)9-13(8-2)10(3)4/h8,10-13H,2,7,9H2,1,3-6H3. The Labute approximate surface area is 84.4 Å². The first kappa shape index (κ1) is 12.7. The van der Waals surface area contributed by atoms with Gasteiger partial charge in [0.15, 0.2) is 0 Å². The average Bonchev–Trinajstić information content (AvgIpc) is 2.11. The lowest BCUT2D eigenvalue weighted by atomic mass is 9.81. The molecule has 0 N–H and O–H groups in total. The topological polar surface area (TPSA) is 0 Å². The minimum absolute atomic E-state index is 0.698. The van der Waals surface area contributed by atoms with Gasteiger partial charge in [0, 0.05) is 0 Å². The molecule has 0 rings (SSSR count). The quantitative estimate of drug-likeness (QED) is 0.530. The first-order valence-electron chi connectivity index (χ1n) is 5.65. The van der Waals surface area contributed by atoms with Crippen molar-refractivity contribution in [1.29, 1.82) is 0 Å². The molecule has 0 aliphatic carbocycles. The van der Waals surface area contributed by atoms with Crippen LogP contribution in [0.15, 0.2) is 12.7 Å². The monoisotopic (exact) mass is 182 g/mol. The number of rotatable bonds is 6. The second kappa shape index (κ2) is 6.23. The highest BCUT2D eigenvalue weighted by atomic mass is 14.2. The maximum Gasteiger partial charge on any atom is -0.0210 e. The lowest BCUT2D eigenvalue weighted by molar-refractivity contribution is 0.287. The molecule has 3 atom stereocenters. The Balaban J connectivity index is 4.00. The molecule has 0 spiro atoms. The van der Waals surface area contributed by atoms with E-state index in [1.54, 1.807) is 0 Å². The molecule has 0 fully saturated rings. The van der Waals surface area contributed by atoms with Crippen LogP contribution in [0.5, 0.6) is 0 Å². The SMILES string of the molecule is C=CC(CC(C)C(C)CC)C(C)C. The van der Waals surface area contributed by atoms with Crippen LogP contribution in [0, 0.1) is 23.7 Å². The van der Waals surface area contributed by atoms with Crippen LogP contribution in [-0.2, 0) is 0 Å². The molecule has 0 aromatic heterocycles. The van der Waals surface area contributed by atoms with Crippen molar-refractivity contribution in [2.24, 2.45) is 23.7 Å². The molecule has 0 saturated carbocycles. The van der Waals surface area contributed by atoms with E-state index in [0.717, 1.165) is 17.8 Å². The highest BCUT2D eigenvalue weighted by Gasteiger charge is 2.17. The fourth-order valence-electron chi connectivity index (χ4n) is 1.70. The summed E-state index contributed by atoms with van der Waals surface area (Å²) in [6.45, 7) is 15.5. The van der Waals surface area contributed by atoms with Gasteiger partial charge in [-0.1, -0.05) is 47.1 Å². The predicted octanol–water partition coefficient (Wildman–Crippen LogP) is 4.52. The van der Waals surface area contributed by atoms with E-state index in [1.165, 1.54) is 12.8 Å². The van der Waals surface area contributed by atoms with Gasteiger partial charge in [-0.2, -0.15) is 0 Å². The molecular weight excluding hydrogens is 156 g/mol. The van der Waals surface area contributed by atoms with E-state index >= 15 is 0 Å². The van der Waals surface area contributed by atoms with Gasteiger partial charge < -0.3 is 0 Å². The third-order valence-electron chi connectivity index (χ3n) is 3.42. The van der Waals surface area contributed by atoms with Crippen LogP contribution in [0.4, 0.5) is 0 Å². The highest BCUT2D eigenvalue weighted by Crippen LogP contribution is 2.27. The average molecular weight is 182 g/mol. The third-order valence-corrected chi connectivity index (χ3v) is 3.42. The molecular formula is C13H26. The van der Waals surface area contributed by atoms with Crippen LogP contribution in [0.25, 0.3) is 0 Å². The van der Waals surface area contributed by atoms with Crippen LogP contribution < -0.4 is 0 Å². The molecule has 0 saturated heterocycles. The Kier molecular flexibility index (Phi) is 6.11. The largest absolute Gasteiger partial charge is 0.103 e. The summed E-state index contributed by atoms with van der Waals surface area (Å²) < 4.78 is 0. The van der Waals surface area contributed by atoms with Crippen LogP contribution in [0.3, 0.4) is 0 Å². The molecule has 0 heterocycles. The smallest absolute Gasteiger partial charge is 0.0210 e. The molecule has 0 aliphatic heterocycles. The van der Waals surface area contributed by atoms with E-state index in [1.807, 2.05) is 0 Å². The molecule has 0 aliphatic rings. The van der Waals surface area contributed by atoms with E-state index in [4.69, 9.17) is 0 Å². The summed E-state index contributed by atoms with van der Waals surface area (Å²) in [4.78, 5) is 0. The lowest BCUT2D eigenvalue weighted by Gasteiger charge is -2.24. The summed E-state index contributed by atoms with van der Waals surface area (Å²) in [5.41, 5.74) is 0. The summed E-state index contributed by atoms with van der Waals surface area (Å²) in [6.07, 6.45) is 4.73. The molecule has 3 unspecified atom stereocenters. The molecule has 78 valence electrons. The van der Waals surface area contributed by atoms with E-state index < -0.39 is 0 Å². The predicted molar refractivity (Wildman–Crippen MR) is 61.8 cm³/mol. The zero-order valence-corrected chi connectivity index (χ0v) is 10.0. The lowest BCUT2D eigenvalue weighted by Crippen LogP contribution is -2.15. The second-order valence-electron chi connectivity index (χ2n) is 4.74. The van der Waals surface area contributed by atoms with Crippen molar-refractivity contribution in [2.75, 3.05) is 0 Å². The van der Waals surface area contributed by atoms with Crippen molar-refractivity contribution in [2.45, 2.75) is 47.5 Å². The number of hydrogen-bond acceptors (Lipinski definition) is 0. The van der Waals surface area contributed by atoms with Crippen molar-refractivity contribution in [1.82, 2.24) is 0 Å². The van der Waals surface area contributed by atoms with Gasteiger partial charge in [0.05, 0.1) is 0 Å². The molecule has 0 nitrogen and oxygen atoms in total. The van der Waals surface area contributed by atoms with Crippen LogP contribution in [0.2, 0.25) is 0 Å². The van der Waals surface area contributed by atoms with Gasteiger partial charge in [-0.3, -0.25) is 0 Å². The Bertz CT molecular complexity index is 135. The van der Waals surface area contributed by atoms with Crippen molar-refractivity contribution in [3.63, 3.8) is 0 Å². The third kappa shape index (κ3) is 4.50. The Morgan fingerprint density at radius 2 is 1.62 bits per heavy atom. The Morgan fingerprint density at radius 1 is 1.08 bits per heavy atom. The van der Waals surface area contributed by atoms with Gasteiger partial charge in [0.1, 0.15) is 0 Å². The van der Waals surface area contributed by atoms with E-state index in [2.05, 4.69) is 47.3 Å². The van der Waals surface area contributed by atoms with Gasteiger partial charge in [-0.15, -0.1) is 6.58 Å². The zero-order valence-electron chi connectivity index (χ0n) is 10.0. The van der Waals surface area contributed by atoms with Gasteiger partial charge in [-0.05, 0) is 30.1 Å². The van der Waals surface area contributed by atoms with E-state index in [0.29, 0.717) is 5.92 Å². The van der Waals surface area contributed by atoms with Crippen LogP contribution >= 0.6 is 0 Å². The zero-order chi connectivity index (χ0) is 10.4. The van der Waals surface area contributed by atoms with Crippen molar-refractivity contribution >= 4 is 0 Å². The molecule has 0 radical (unpaired) electrons. The first-order chi connectivity index (χ1) is 6.02. The van der Waals surface area contributed by atoms with Crippen LogP contribution in [0.1, 0.15) is 47.5 Å². The molecule has 0 heteroatoms. The first-order valence-corrected chi connectivity index (χ1v) is 5.65. The summed E-state index contributed by atoms with van der Waals surface area (Å²) in [7, 11) is 0. The highest BCUT2D eigenvalue weighted by molar-refractivity contribution is 4.83. The van der Waals surface area contributed by atoms with Crippen molar-refractivity contribution in [3.8, 4) is 0 Å². The van der Waals surface area contributed by atoms with Gasteiger partial charge in [0.2, 0.25) is 0 Å². The Hall–Kier alpha value is -0.260. The Morgan fingerprint density at radius 3 is 1.92 bits per heavy atom. The maximum absolute atomic E-state index is 3.92. The van der Waals surface area contributed by atoms with Crippen molar-refractivity contribution in [3.05, 3.63) is 12.7 Å². The summed E-state index contributed by atoms with van der Waals surface area (Å²) in [5.74, 6) is 3.12. The minimum Gasteiger partial charge on any atom is -0.103 e. The summed E-state index contributed by atoms with van der Waals surface area (Å²) >= 11 is 0. The molecule has 0 aromatic carbocycles. The second-order valence-corrected chi connectivity index (χ2v) is 4.74. The maximum atomic E-state index is 3.92. The van der Waals surface area contributed by atoms with Crippen molar-refractivity contribution < 1.29 is 0 Å². The fraction of sp³-hybridized carbons (Fsp3) is 0.846. The summed E-state index contributed by atoms with van der Waals surface area (Å²) in [6, 6.07) is 0. The van der Waals surface area contributed by atoms with Gasteiger partial charge in [0.25, 0.3) is 0 Å². The molecule has 0 bridgehead atoms. The van der Waals surface area contributed by atoms with E-state index in [-0.39, 0.29) is 0 Å². The minimum atomic E-state index is 0.698. The molecule has 13 heavy (non-hydrogen) atoms. The fourth-order valence-corrected chi connectivity index (χ4v) is 1.70. The van der Waals surface area contributed by atoms with Gasteiger partial charge >= 0.3 is 0 Å².